The second kappa shape index (κ2) is 4.95. The number of likely N-dealkylation sites (N-methyl/N-ethyl adjacent to an activating group) is 1. The van der Waals surface area contributed by atoms with E-state index >= 15 is 0 Å². The van der Waals surface area contributed by atoms with Gasteiger partial charge in [-0.05, 0) is 55.8 Å². The highest BCUT2D eigenvalue weighted by atomic mass is 35.5. The van der Waals surface area contributed by atoms with Crippen LogP contribution in [0.5, 0.6) is 0 Å². The lowest BCUT2D eigenvalue weighted by Gasteiger charge is -2.56. The second-order valence-corrected chi connectivity index (χ2v) is 7.31. The predicted molar refractivity (Wildman–Crippen MR) is 82.2 cm³/mol. The molecule has 0 radical (unpaired) electrons. The highest BCUT2D eigenvalue weighted by Crippen LogP contribution is 2.62. The summed E-state index contributed by atoms with van der Waals surface area (Å²) in [6.07, 6.45) is 8.27. The zero-order chi connectivity index (χ0) is 13.5. The van der Waals surface area contributed by atoms with Gasteiger partial charge in [0.2, 0.25) is 0 Å². The smallest absolute Gasteiger partial charge is 0.0595 e. The number of benzene rings is 1. The van der Waals surface area contributed by atoms with Crippen molar-refractivity contribution in [3.8, 4) is 0 Å². The van der Waals surface area contributed by atoms with Gasteiger partial charge in [-0.15, -0.1) is 0 Å². The van der Waals surface area contributed by atoms with Crippen LogP contribution in [-0.4, -0.2) is 13.6 Å². The van der Waals surface area contributed by atoms with Gasteiger partial charge in [0.1, 0.15) is 0 Å². The Morgan fingerprint density at radius 2 is 1.79 bits per heavy atom. The lowest BCUT2D eigenvalue weighted by atomic mass is 9.49. The Balaban J connectivity index is 1.87. The van der Waals surface area contributed by atoms with Gasteiger partial charge in [-0.2, -0.15) is 0 Å². The zero-order valence-corrected chi connectivity index (χ0v) is 12.9. The molecule has 3 heteroatoms. The normalized spacial score (nSPS) is 23.5. The Labute approximate surface area is 125 Å². The van der Waals surface area contributed by atoms with Gasteiger partial charge in [-0.25, -0.2) is 0 Å². The average molecular weight is 298 g/mol. The van der Waals surface area contributed by atoms with E-state index in [0.717, 1.165) is 6.54 Å². The summed E-state index contributed by atoms with van der Waals surface area (Å²) in [6, 6.07) is 6.17. The molecule has 104 valence electrons. The molecule has 0 amide bonds. The number of halogens is 2. The molecular formula is C16H21Cl2N. The zero-order valence-electron chi connectivity index (χ0n) is 11.4. The standard InChI is InChI=1S/C16H21Cl2N/c1-19-11-16(9-15(10-16)6-2-3-7-15)12-4-5-13(17)14(18)8-12/h4-5,8,19H,2-3,6-7,9-11H2,1H3. The molecule has 2 aliphatic rings. The van der Waals surface area contributed by atoms with Gasteiger partial charge in [-0.1, -0.05) is 42.1 Å². The van der Waals surface area contributed by atoms with Crippen LogP contribution in [0.1, 0.15) is 44.1 Å². The minimum atomic E-state index is 0.271. The maximum atomic E-state index is 6.20. The fourth-order valence-electron chi connectivity index (χ4n) is 4.46. The molecule has 2 aliphatic carbocycles. The highest BCUT2D eigenvalue weighted by Gasteiger charge is 2.55. The molecular weight excluding hydrogens is 277 g/mol. The van der Waals surface area contributed by atoms with Crippen molar-refractivity contribution >= 4 is 23.2 Å². The van der Waals surface area contributed by atoms with Crippen molar-refractivity contribution in [1.82, 2.24) is 5.32 Å². The van der Waals surface area contributed by atoms with Gasteiger partial charge < -0.3 is 5.32 Å². The van der Waals surface area contributed by atoms with E-state index in [2.05, 4.69) is 17.4 Å². The van der Waals surface area contributed by atoms with Gasteiger partial charge >= 0.3 is 0 Å². The van der Waals surface area contributed by atoms with Crippen LogP contribution in [0.4, 0.5) is 0 Å². The van der Waals surface area contributed by atoms with Gasteiger partial charge in [-0.3, -0.25) is 0 Å². The minimum absolute atomic E-state index is 0.271. The first-order chi connectivity index (χ1) is 9.09. The van der Waals surface area contributed by atoms with Crippen LogP contribution < -0.4 is 5.32 Å². The summed E-state index contributed by atoms with van der Waals surface area (Å²) in [6.45, 7) is 1.03. The fraction of sp³-hybridized carbons (Fsp3) is 0.625. The van der Waals surface area contributed by atoms with Crippen LogP contribution in [0.15, 0.2) is 18.2 Å². The number of hydrogen-bond acceptors (Lipinski definition) is 1. The maximum absolute atomic E-state index is 6.20. The molecule has 0 aromatic heterocycles. The Kier molecular flexibility index (Phi) is 3.57. The van der Waals surface area contributed by atoms with E-state index in [1.54, 1.807) is 0 Å². The Morgan fingerprint density at radius 3 is 2.37 bits per heavy atom. The van der Waals surface area contributed by atoms with E-state index in [1.807, 2.05) is 13.1 Å². The van der Waals surface area contributed by atoms with E-state index < -0.39 is 0 Å². The third-order valence-corrected chi connectivity index (χ3v) is 5.88. The molecule has 0 unspecified atom stereocenters. The van der Waals surface area contributed by atoms with Crippen molar-refractivity contribution in [3.05, 3.63) is 33.8 Å². The molecule has 3 rings (SSSR count). The van der Waals surface area contributed by atoms with Crippen molar-refractivity contribution in [2.24, 2.45) is 5.41 Å². The molecule has 1 aromatic rings. The number of nitrogens with one attached hydrogen (secondary N) is 1. The summed E-state index contributed by atoms with van der Waals surface area (Å²) in [5, 5.41) is 4.71. The van der Waals surface area contributed by atoms with Gasteiger partial charge in [0, 0.05) is 12.0 Å². The minimum Gasteiger partial charge on any atom is -0.319 e. The Bertz CT molecular complexity index is 470. The number of hydrogen-bond donors (Lipinski definition) is 1. The Morgan fingerprint density at radius 1 is 1.11 bits per heavy atom. The van der Waals surface area contributed by atoms with Gasteiger partial charge in [0.25, 0.3) is 0 Å². The molecule has 1 N–H and O–H groups in total. The first kappa shape index (κ1) is 13.7. The lowest BCUT2D eigenvalue weighted by molar-refractivity contribution is 0.0282. The summed E-state index contributed by atoms with van der Waals surface area (Å²) in [5.41, 5.74) is 2.25. The van der Waals surface area contributed by atoms with Crippen molar-refractivity contribution < 1.29 is 0 Å². The summed E-state index contributed by atoms with van der Waals surface area (Å²) >= 11 is 12.2. The van der Waals surface area contributed by atoms with E-state index in [4.69, 9.17) is 23.2 Å². The van der Waals surface area contributed by atoms with E-state index in [-0.39, 0.29) is 5.41 Å². The lowest BCUT2D eigenvalue weighted by Crippen LogP contribution is -2.53. The summed E-state index contributed by atoms with van der Waals surface area (Å²) in [7, 11) is 2.04. The van der Waals surface area contributed by atoms with E-state index in [9.17, 15) is 0 Å². The van der Waals surface area contributed by atoms with E-state index in [0.29, 0.717) is 15.5 Å². The molecule has 1 spiro atoms. The highest BCUT2D eigenvalue weighted by molar-refractivity contribution is 6.42. The third-order valence-electron chi connectivity index (χ3n) is 5.14. The van der Waals surface area contributed by atoms with Gasteiger partial charge in [0.15, 0.2) is 0 Å². The van der Waals surface area contributed by atoms with Crippen molar-refractivity contribution in [1.29, 1.82) is 0 Å². The molecule has 1 aromatic carbocycles. The van der Waals surface area contributed by atoms with Crippen LogP contribution in [0, 0.1) is 5.41 Å². The largest absolute Gasteiger partial charge is 0.319 e. The molecule has 0 atom stereocenters. The monoisotopic (exact) mass is 297 g/mol. The summed E-state index contributed by atoms with van der Waals surface area (Å²) in [4.78, 5) is 0. The topological polar surface area (TPSA) is 12.0 Å². The second-order valence-electron chi connectivity index (χ2n) is 6.50. The molecule has 0 bridgehead atoms. The quantitative estimate of drug-likeness (QED) is 0.845. The van der Waals surface area contributed by atoms with Gasteiger partial charge in [0.05, 0.1) is 10.0 Å². The van der Waals surface area contributed by atoms with Crippen LogP contribution in [0.25, 0.3) is 0 Å². The maximum Gasteiger partial charge on any atom is 0.0595 e. The van der Waals surface area contributed by atoms with Crippen LogP contribution >= 0.6 is 23.2 Å². The molecule has 0 saturated heterocycles. The first-order valence-corrected chi connectivity index (χ1v) is 7.95. The molecule has 2 saturated carbocycles. The summed E-state index contributed by atoms with van der Waals surface area (Å²) in [5.74, 6) is 0. The summed E-state index contributed by atoms with van der Waals surface area (Å²) < 4.78 is 0. The van der Waals surface area contributed by atoms with Crippen molar-refractivity contribution in [2.75, 3.05) is 13.6 Å². The molecule has 1 nitrogen and oxygen atoms in total. The van der Waals surface area contributed by atoms with E-state index in [1.165, 1.54) is 44.1 Å². The molecule has 2 fully saturated rings. The van der Waals surface area contributed by atoms with Crippen molar-refractivity contribution in [3.63, 3.8) is 0 Å². The fourth-order valence-corrected chi connectivity index (χ4v) is 4.76. The number of rotatable bonds is 3. The molecule has 0 heterocycles. The van der Waals surface area contributed by atoms with Crippen LogP contribution in [-0.2, 0) is 5.41 Å². The molecule has 0 aliphatic heterocycles. The van der Waals surface area contributed by atoms with Crippen molar-refractivity contribution in [2.45, 2.75) is 43.9 Å². The van der Waals surface area contributed by atoms with Crippen LogP contribution in [0.3, 0.4) is 0 Å². The first-order valence-electron chi connectivity index (χ1n) is 7.19. The average Bonchev–Trinajstić information content (AvgIpc) is 2.81. The Hall–Kier alpha value is -0.240. The van der Waals surface area contributed by atoms with Crippen LogP contribution in [0.2, 0.25) is 10.0 Å². The molecule has 19 heavy (non-hydrogen) atoms. The predicted octanol–water partition coefficient (Wildman–Crippen LogP) is 4.80. The third kappa shape index (κ3) is 2.30. The SMILES string of the molecule is CNCC1(c2ccc(Cl)c(Cl)c2)CC2(CCCC2)C1.